The molecule has 2 amide bonds. The van der Waals surface area contributed by atoms with Crippen LogP contribution < -0.4 is 19.5 Å². The van der Waals surface area contributed by atoms with Gasteiger partial charge in [-0.15, -0.1) is 13.2 Å². The first-order valence-corrected chi connectivity index (χ1v) is 17.6. The summed E-state index contributed by atoms with van der Waals surface area (Å²) >= 11 is 0. The van der Waals surface area contributed by atoms with Crippen LogP contribution in [0, 0.1) is 22.7 Å². The highest BCUT2D eigenvalue weighted by Crippen LogP contribution is 2.53. The Morgan fingerprint density at radius 3 is 1.89 bits per heavy atom. The molecule has 3 aromatic carbocycles. The molecule has 5 rings (SSSR count). The maximum absolute atomic E-state index is 12.5. The minimum atomic E-state index is -3.95. The number of amides is 2. The van der Waals surface area contributed by atoms with Crippen LogP contribution in [0.2, 0.25) is 0 Å². The molecule has 4 atom stereocenters. The number of carbonyl (C=O) groups excluding carboxylic acids is 2. The zero-order chi connectivity index (χ0) is 33.8. The van der Waals surface area contributed by atoms with Crippen LogP contribution >= 0.6 is 0 Å². The minimum Gasteiger partial charge on any atom is -0.489 e. The summed E-state index contributed by atoms with van der Waals surface area (Å²) in [6.45, 7) is 11.1. The number of anilines is 1. The van der Waals surface area contributed by atoms with Crippen LogP contribution in [0.3, 0.4) is 0 Å². The number of carbonyl (C=O) groups is 2. The molecule has 2 saturated carbocycles. The lowest BCUT2D eigenvalue weighted by molar-refractivity contribution is -0.125. The Hall–Kier alpha value is -4.42. The Morgan fingerprint density at radius 1 is 0.804 bits per heavy atom. The second-order valence-corrected chi connectivity index (χ2v) is 15.1. The molecular formula is C34H39N3O7S2. The first-order valence-electron chi connectivity index (χ1n) is 14.6. The first-order chi connectivity index (χ1) is 21.7. The van der Waals surface area contributed by atoms with Gasteiger partial charge in [0.05, 0.1) is 21.4 Å². The smallest absolute Gasteiger partial charge is 0.266 e. The van der Waals surface area contributed by atoms with Crippen molar-refractivity contribution in [3.8, 4) is 5.75 Å². The van der Waals surface area contributed by atoms with Crippen molar-refractivity contribution in [1.29, 1.82) is 0 Å². The van der Waals surface area contributed by atoms with Crippen molar-refractivity contribution >= 4 is 37.5 Å². The average molecular weight is 666 g/mol. The van der Waals surface area contributed by atoms with Gasteiger partial charge >= 0.3 is 0 Å². The van der Waals surface area contributed by atoms with E-state index in [-0.39, 0.29) is 21.6 Å². The molecule has 0 bridgehead atoms. The number of hydrogen-bond donors (Lipinski definition) is 3. The largest absolute Gasteiger partial charge is 0.489 e. The molecule has 12 heteroatoms. The molecule has 0 radical (unpaired) electrons. The number of para-hydroxylation sites is 1. The fraction of sp³-hybridized carbons (Fsp3) is 0.294. The second kappa shape index (κ2) is 13.5. The van der Waals surface area contributed by atoms with Gasteiger partial charge in [-0.1, -0.05) is 74.5 Å². The molecule has 3 N–H and O–H groups in total. The molecule has 0 unspecified atom stereocenters. The van der Waals surface area contributed by atoms with Gasteiger partial charge in [-0.2, -0.15) is 0 Å². The molecule has 0 aromatic heterocycles. The molecule has 2 fully saturated rings. The average Bonchev–Trinajstić information content (AvgIpc) is 3.94. The van der Waals surface area contributed by atoms with Crippen LogP contribution in [0.25, 0.3) is 0 Å². The Bertz CT molecular complexity index is 1840. The van der Waals surface area contributed by atoms with Crippen molar-refractivity contribution in [2.24, 2.45) is 22.7 Å². The summed E-state index contributed by atoms with van der Waals surface area (Å²) in [5.41, 5.74) is 0.0693. The van der Waals surface area contributed by atoms with Gasteiger partial charge in [-0.3, -0.25) is 9.59 Å². The summed E-state index contributed by atoms with van der Waals surface area (Å²) in [4.78, 5) is 24.5. The standard InChI is InChI=1S/C20H21NO4S.C14H18N2O3S/c1-3-16-13-20(16,2)19(22)21-26(23,24)18-11-7-10-17(12-18)25-14-15-8-5-4-6-9-15;1-4-10-9-14(10,2)13(17)16-20(18,19)12-8-6-5-7-11(12)15-3/h3-12,16H,1,13-14H2,2H3,(H,21,22);4-8,10,15H,1,9H2,2-3H3,(H,16,17)/t16-,20+;10-,14+/m11/s1. The van der Waals surface area contributed by atoms with Crippen molar-refractivity contribution in [2.45, 2.75) is 43.1 Å². The van der Waals surface area contributed by atoms with Gasteiger partial charge in [0.1, 0.15) is 17.3 Å². The van der Waals surface area contributed by atoms with Crippen LogP contribution in [0.15, 0.2) is 114 Å². The zero-order valence-corrected chi connectivity index (χ0v) is 27.7. The Kier molecular flexibility index (Phi) is 10.1. The van der Waals surface area contributed by atoms with Crippen molar-refractivity contribution < 1.29 is 31.2 Å². The lowest BCUT2D eigenvalue weighted by atomic mass is 10.1. The predicted octanol–water partition coefficient (Wildman–Crippen LogP) is 5.03. The van der Waals surface area contributed by atoms with Crippen LogP contribution in [0.5, 0.6) is 5.75 Å². The summed E-state index contributed by atoms with van der Waals surface area (Å²) in [7, 11) is -6.20. The highest BCUT2D eigenvalue weighted by Gasteiger charge is 2.56. The Morgan fingerprint density at radius 2 is 1.35 bits per heavy atom. The SMILES string of the molecule is C=C[C@@H]1C[C@]1(C)C(=O)NS(=O)(=O)c1cccc(OCc2ccccc2)c1.C=C[C@@H]1C[C@]1(C)C(=O)NS(=O)(=O)c1ccccc1NC. The zero-order valence-electron chi connectivity index (χ0n) is 26.0. The molecule has 0 aliphatic heterocycles. The maximum atomic E-state index is 12.5. The normalized spacial score (nSPS) is 23.0. The summed E-state index contributed by atoms with van der Waals surface area (Å²) in [5, 5.41) is 2.80. The number of rotatable bonds is 12. The summed E-state index contributed by atoms with van der Waals surface area (Å²) in [5.74, 6) is -0.507. The minimum absolute atomic E-state index is 0.00388. The molecular weight excluding hydrogens is 627 g/mol. The lowest BCUT2D eigenvalue weighted by Crippen LogP contribution is -2.36. The summed E-state index contributed by atoms with van der Waals surface area (Å²) in [6, 6.07) is 22.1. The van der Waals surface area contributed by atoms with E-state index < -0.39 is 42.7 Å². The van der Waals surface area contributed by atoms with Gasteiger partial charge < -0.3 is 10.1 Å². The quantitative estimate of drug-likeness (QED) is 0.228. The number of sulfonamides is 2. The second-order valence-electron chi connectivity index (χ2n) is 11.8. The number of benzene rings is 3. The lowest BCUT2D eigenvalue weighted by Gasteiger charge is -2.14. The third kappa shape index (κ3) is 7.68. The van der Waals surface area contributed by atoms with Crippen molar-refractivity contribution in [2.75, 3.05) is 12.4 Å². The molecule has 2 aliphatic rings. The van der Waals surface area contributed by atoms with Gasteiger partial charge in [0.2, 0.25) is 11.8 Å². The summed E-state index contributed by atoms with van der Waals surface area (Å²) in [6.07, 6.45) is 4.61. The Labute approximate surface area is 271 Å². The van der Waals surface area contributed by atoms with Gasteiger partial charge in [0.15, 0.2) is 0 Å². The molecule has 2 aliphatic carbocycles. The molecule has 0 saturated heterocycles. The number of allylic oxidation sites excluding steroid dienone is 2. The molecule has 3 aromatic rings. The van der Waals surface area contributed by atoms with E-state index in [4.69, 9.17) is 4.74 Å². The number of ether oxygens (including phenoxy) is 1. The topological polar surface area (TPSA) is 148 Å². The monoisotopic (exact) mass is 665 g/mol. The van der Waals surface area contributed by atoms with E-state index in [1.165, 1.54) is 18.2 Å². The van der Waals surface area contributed by atoms with E-state index in [9.17, 15) is 26.4 Å². The van der Waals surface area contributed by atoms with Gasteiger partial charge in [0.25, 0.3) is 20.0 Å². The van der Waals surface area contributed by atoms with Gasteiger partial charge in [-0.25, -0.2) is 26.3 Å². The third-order valence-electron chi connectivity index (χ3n) is 8.48. The van der Waals surface area contributed by atoms with E-state index in [0.717, 1.165) is 5.56 Å². The summed E-state index contributed by atoms with van der Waals surface area (Å²) < 4.78 is 59.6. The maximum Gasteiger partial charge on any atom is 0.266 e. The number of nitrogens with one attached hydrogen (secondary N) is 3. The van der Waals surface area contributed by atoms with Crippen LogP contribution in [-0.4, -0.2) is 35.7 Å². The molecule has 244 valence electrons. The van der Waals surface area contributed by atoms with E-state index >= 15 is 0 Å². The molecule has 0 heterocycles. The van der Waals surface area contributed by atoms with Crippen molar-refractivity contribution in [1.82, 2.24) is 9.44 Å². The Balaban J connectivity index is 0.000000216. The van der Waals surface area contributed by atoms with Crippen molar-refractivity contribution in [3.05, 3.63) is 110 Å². The fourth-order valence-corrected chi connectivity index (χ4v) is 7.40. The molecule has 0 spiro atoms. The van der Waals surface area contributed by atoms with Crippen molar-refractivity contribution in [3.63, 3.8) is 0 Å². The fourth-order valence-electron chi connectivity index (χ4n) is 4.98. The third-order valence-corrected chi connectivity index (χ3v) is 11.2. The highest BCUT2D eigenvalue weighted by molar-refractivity contribution is 7.90. The molecule has 10 nitrogen and oxygen atoms in total. The van der Waals surface area contributed by atoms with E-state index in [1.54, 1.807) is 63.4 Å². The van der Waals surface area contributed by atoms with Crippen LogP contribution in [0.1, 0.15) is 32.3 Å². The predicted molar refractivity (Wildman–Crippen MR) is 177 cm³/mol. The van der Waals surface area contributed by atoms with E-state index in [2.05, 4.69) is 27.9 Å². The first kappa shape index (κ1) is 34.5. The number of hydrogen-bond acceptors (Lipinski definition) is 8. The van der Waals surface area contributed by atoms with Gasteiger partial charge in [-0.05, 0) is 54.5 Å². The van der Waals surface area contributed by atoms with Crippen LogP contribution in [-0.2, 0) is 36.2 Å². The van der Waals surface area contributed by atoms with Gasteiger partial charge in [0, 0.05) is 13.1 Å². The highest BCUT2D eigenvalue weighted by atomic mass is 32.2. The molecule has 46 heavy (non-hydrogen) atoms. The van der Waals surface area contributed by atoms with E-state index in [0.29, 0.717) is 30.9 Å². The van der Waals surface area contributed by atoms with Crippen LogP contribution in [0.4, 0.5) is 5.69 Å². The van der Waals surface area contributed by atoms with E-state index in [1.807, 2.05) is 30.3 Å².